The maximum atomic E-state index is 10.8. The van der Waals surface area contributed by atoms with Gasteiger partial charge in [0.1, 0.15) is 0 Å². The third-order valence-corrected chi connectivity index (χ3v) is 2.82. The van der Waals surface area contributed by atoms with E-state index in [1.54, 1.807) is 10.6 Å². The summed E-state index contributed by atoms with van der Waals surface area (Å²) in [6.07, 6.45) is 4.45. The molecule has 1 aromatic rings. The van der Waals surface area contributed by atoms with Crippen molar-refractivity contribution in [2.24, 2.45) is 0 Å². The summed E-state index contributed by atoms with van der Waals surface area (Å²) in [5, 5.41) is -0.136. The quantitative estimate of drug-likeness (QED) is 0.574. The highest BCUT2D eigenvalue weighted by Gasteiger charge is 2.14. The number of halogens is 1. The van der Waals surface area contributed by atoms with E-state index in [1.165, 1.54) is 12.5 Å². The highest BCUT2D eigenvalue weighted by atomic mass is 35.7. The van der Waals surface area contributed by atoms with Crippen molar-refractivity contribution in [2.75, 3.05) is 0 Å². The van der Waals surface area contributed by atoms with E-state index in [-0.39, 0.29) is 11.1 Å². The van der Waals surface area contributed by atoms with Gasteiger partial charge in [0.25, 0.3) is 9.05 Å². The minimum Gasteiger partial charge on any atom is -0.329 e. The zero-order valence-electron chi connectivity index (χ0n) is 7.01. The highest BCUT2D eigenvalue weighted by molar-refractivity contribution is 8.13. The van der Waals surface area contributed by atoms with Crippen LogP contribution in [-0.4, -0.2) is 18.0 Å². The first-order chi connectivity index (χ1) is 5.95. The predicted octanol–water partition coefficient (Wildman–Crippen LogP) is 1.56. The Kier molecular flexibility index (Phi) is 2.77. The molecule has 1 heterocycles. The lowest BCUT2D eigenvalue weighted by molar-refractivity contribution is 0.606. The van der Waals surface area contributed by atoms with Gasteiger partial charge >= 0.3 is 0 Å². The van der Waals surface area contributed by atoms with Gasteiger partial charge in [-0.05, 0) is 6.92 Å². The topological polar surface area (TPSA) is 52.0 Å². The summed E-state index contributed by atoms with van der Waals surface area (Å²) in [6, 6.07) is -0.000309. The second-order valence-electron chi connectivity index (χ2n) is 2.57. The fourth-order valence-electron chi connectivity index (χ4n) is 0.788. The molecule has 0 saturated carbocycles. The van der Waals surface area contributed by atoms with Crippen molar-refractivity contribution in [1.29, 1.82) is 0 Å². The van der Waals surface area contributed by atoms with Gasteiger partial charge < -0.3 is 4.57 Å². The summed E-state index contributed by atoms with van der Waals surface area (Å²) < 4.78 is 23.3. The molecular weight excluding hydrogens is 212 g/mol. The van der Waals surface area contributed by atoms with Gasteiger partial charge in [0, 0.05) is 22.9 Å². The largest absolute Gasteiger partial charge is 0.329 e. The Hall–Kier alpha value is -0.810. The molecule has 4 nitrogen and oxygen atoms in total. The standard InChI is InChI=1S/C7H9ClN2O2S/c1-3-6(2)10-4-7(9-5-10)13(8,11)12/h3-6H,1H2,2H3. The van der Waals surface area contributed by atoms with Crippen LogP contribution < -0.4 is 0 Å². The van der Waals surface area contributed by atoms with E-state index in [9.17, 15) is 8.42 Å². The van der Waals surface area contributed by atoms with Crippen LogP contribution in [0.15, 0.2) is 30.2 Å². The fourth-order valence-corrected chi connectivity index (χ4v) is 1.45. The zero-order chi connectivity index (χ0) is 10.1. The maximum Gasteiger partial charge on any atom is 0.280 e. The molecule has 1 unspecified atom stereocenters. The van der Waals surface area contributed by atoms with Crippen molar-refractivity contribution in [3.8, 4) is 0 Å². The van der Waals surface area contributed by atoms with E-state index in [4.69, 9.17) is 10.7 Å². The summed E-state index contributed by atoms with van der Waals surface area (Å²) in [6.45, 7) is 5.44. The first-order valence-electron chi connectivity index (χ1n) is 3.56. The summed E-state index contributed by atoms with van der Waals surface area (Å²) in [5.74, 6) is 0. The lowest BCUT2D eigenvalue weighted by atomic mass is 10.3. The molecular formula is C7H9ClN2O2S. The monoisotopic (exact) mass is 220 g/mol. The Morgan fingerprint density at radius 2 is 2.38 bits per heavy atom. The van der Waals surface area contributed by atoms with Crippen LogP contribution in [0.3, 0.4) is 0 Å². The molecule has 72 valence electrons. The first kappa shape index (κ1) is 10.3. The lowest BCUT2D eigenvalue weighted by Gasteiger charge is -2.04. The molecule has 0 aromatic carbocycles. The van der Waals surface area contributed by atoms with Crippen molar-refractivity contribution in [3.05, 3.63) is 25.2 Å². The van der Waals surface area contributed by atoms with Gasteiger partial charge in [0.05, 0.1) is 6.33 Å². The third-order valence-electron chi connectivity index (χ3n) is 1.64. The Bertz CT molecular complexity index is 410. The van der Waals surface area contributed by atoms with Crippen molar-refractivity contribution < 1.29 is 8.42 Å². The predicted molar refractivity (Wildman–Crippen MR) is 50.2 cm³/mol. The Labute approximate surface area is 81.3 Å². The number of hydrogen-bond acceptors (Lipinski definition) is 3. The molecule has 0 aliphatic rings. The van der Waals surface area contributed by atoms with Crippen LogP contribution >= 0.6 is 10.7 Å². The van der Waals surface area contributed by atoms with Crippen LogP contribution in [0.4, 0.5) is 0 Å². The first-order valence-corrected chi connectivity index (χ1v) is 5.87. The number of nitrogens with zero attached hydrogens (tertiary/aromatic N) is 2. The molecule has 0 radical (unpaired) electrons. The number of aromatic nitrogens is 2. The zero-order valence-corrected chi connectivity index (χ0v) is 8.59. The van der Waals surface area contributed by atoms with Gasteiger partial charge in [-0.3, -0.25) is 0 Å². The maximum absolute atomic E-state index is 10.8. The average Bonchev–Trinajstić information content (AvgIpc) is 2.50. The molecule has 0 aliphatic carbocycles. The van der Waals surface area contributed by atoms with Gasteiger partial charge in [0.15, 0.2) is 5.03 Å². The van der Waals surface area contributed by atoms with Crippen LogP contribution in [0.1, 0.15) is 13.0 Å². The van der Waals surface area contributed by atoms with E-state index >= 15 is 0 Å². The van der Waals surface area contributed by atoms with E-state index < -0.39 is 9.05 Å². The molecule has 1 atom stereocenters. The van der Waals surface area contributed by atoms with Gasteiger partial charge in [-0.1, -0.05) is 6.08 Å². The number of allylic oxidation sites excluding steroid dienone is 1. The summed E-state index contributed by atoms with van der Waals surface area (Å²) in [5.41, 5.74) is 0. The number of hydrogen-bond donors (Lipinski definition) is 0. The fraction of sp³-hybridized carbons (Fsp3) is 0.286. The second kappa shape index (κ2) is 3.51. The van der Waals surface area contributed by atoms with Gasteiger partial charge in [0.2, 0.25) is 0 Å². The van der Waals surface area contributed by atoms with Crippen molar-refractivity contribution in [2.45, 2.75) is 18.0 Å². The van der Waals surface area contributed by atoms with Crippen molar-refractivity contribution >= 4 is 19.7 Å². The molecule has 0 saturated heterocycles. The van der Waals surface area contributed by atoms with Crippen LogP contribution in [0.5, 0.6) is 0 Å². The molecule has 0 spiro atoms. The van der Waals surface area contributed by atoms with E-state index in [2.05, 4.69) is 11.6 Å². The van der Waals surface area contributed by atoms with Crippen molar-refractivity contribution in [3.63, 3.8) is 0 Å². The molecule has 13 heavy (non-hydrogen) atoms. The SMILES string of the molecule is C=CC(C)n1cnc(S(=O)(=O)Cl)c1. The summed E-state index contributed by atoms with van der Waals surface area (Å²) in [4.78, 5) is 3.65. The smallest absolute Gasteiger partial charge is 0.280 e. The van der Waals surface area contributed by atoms with E-state index in [0.717, 1.165) is 0 Å². The lowest BCUT2D eigenvalue weighted by Crippen LogP contribution is -1.98. The number of imidazole rings is 1. The highest BCUT2D eigenvalue weighted by Crippen LogP contribution is 2.14. The molecule has 1 aromatic heterocycles. The van der Waals surface area contributed by atoms with E-state index in [1.807, 2.05) is 6.92 Å². The van der Waals surface area contributed by atoms with Crippen LogP contribution in [-0.2, 0) is 9.05 Å². The van der Waals surface area contributed by atoms with Gasteiger partial charge in [-0.25, -0.2) is 13.4 Å². The Morgan fingerprint density at radius 1 is 1.77 bits per heavy atom. The van der Waals surface area contributed by atoms with Crippen LogP contribution in [0.2, 0.25) is 0 Å². The van der Waals surface area contributed by atoms with E-state index in [0.29, 0.717) is 0 Å². The molecule has 0 bridgehead atoms. The number of rotatable bonds is 3. The Balaban J connectivity index is 3.07. The molecule has 0 amide bonds. The van der Waals surface area contributed by atoms with Gasteiger partial charge in [-0.15, -0.1) is 6.58 Å². The second-order valence-corrected chi connectivity index (χ2v) is 5.09. The van der Waals surface area contributed by atoms with Gasteiger partial charge in [-0.2, -0.15) is 0 Å². The normalized spacial score (nSPS) is 14.0. The Morgan fingerprint density at radius 3 is 2.77 bits per heavy atom. The minimum atomic E-state index is -3.72. The molecule has 1 rings (SSSR count). The molecule has 6 heteroatoms. The molecule has 0 N–H and O–H groups in total. The third kappa shape index (κ3) is 2.32. The van der Waals surface area contributed by atoms with Crippen molar-refractivity contribution in [1.82, 2.24) is 9.55 Å². The minimum absolute atomic E-state index is 0.000309. The van der Waals surface area contributed by atoms with Crippen LogP contribution in [0, 0.1) is 0 Å². The molecule has 0 aliphatic heterocycles. The average molecular weight is 221 g/mol. The van der Waals surface area contributed by atoms with Crippen LogP contribution in [0.25, 0.3) is 0 Å². The summed E-state index contributed by atoms with van der Waals surface area (Å²) >= 11 is 0. The summed E-state index contributed by atoms with van der Waals surface area (Å²) in [7, 11) is 1.37. The molecule has 0 fully saturated rings.